The highest BCUT2D eigenvalue weighted by molar-refractivity contribution is 7.19. The lowest BCUT2D eigenvalue weighted by Crippen LogP contribution is -2.12. The molecule has 0 aliphatic rings. The molecule has 2 aromatic rings. The third-order valence-electron chi connectivity index (χ3n) is 2.01. The average Bonchev–Trinajstić information content (AvgIpc) is 2.59. The van der Waals surface area contributed by atoms with Crippen LogP contribution in [0.1, 0.15) is 10.9 Å². The zero-order valence-electron chi connectivity index (χ0n) is 7.51. The molecule has 2 rings (SSSR count). The van der Waals surface area contributed by atoms with Crippen LogP contribution < -0.4 is 5.73 Å². The summed E-state index contributed by atoms with van der Waals surface area (Å²) < 4.78 is 1.22. The second kappa shape index (κ2) is 4.75. The summed E-state index contributed by atoms with van der Waals surface area (Å²) in [4.78, 5) is 1.05. The summed E-state index contributed by atoms with van der Waals surface area (Å²) in [6, 6.07) is 9.93. The molecule has 0 saturated carbocycles. The van der Waals surface area contributed by atoms with E-state index in [9.17, 15) is 0 Å². The van der Waals surface area contributed by atoms with E-state index in [1.54, 1.807) is 11.3 Å². The fraction of sp³-hybridized carbons (Fsp3) is 0.200. The number of halogens is 1. The fourth-order valence-electron chi connectivity index (χ4n) is 1.28. The molecule has 1 aromatic carbocycles. The number of benzene rings is 1. The third kappa shape index (κ3) is 2.07. The van der Waals surface area contributed by atoms with Crippen LogP contribution in [-0.2, 0) is 0 Å². The van der Waals surface area contributed by atoms with Crippen LogP contribution in [0.2, 0.25) is 0 Å². The Bertz CT molecular complexity index is 382. The first-order valence-electron chi connectivity index (χ1n) is 4.16. The standard InChI is InChI=1S/C10H11NOS.ClH/c11-8(6-12)10-5-7-3-1-2-4-9(7)13-10;/h1-5,8,12H,6,11H2;1H. The van der Waals surface area contributed by atoms with Crippen molar-refractivity contribution in [2.45, 2.75) is 6.04 Å². The van der Waals surface area contributed by atoms with Gasteiger partial charge in [-0.2, -0.15) is 0 Å². The molecule has 0 radical (unpaired) electrons. The number of aliphatic hydroxyl groups is 1. The van der Waals surface area contributed by atoms with Crippen molar-refractivity contribution in [3.05, 3.63) is 35.2 Å². The molecule has 1 heterocycles. The summed E-state index contributed by atoms with van der Waals surface area (Å²) in [5.41, 5.74) is 5.72. The second-order valence-electron chi connectivity index (χ2n) is 2.98. The van der Waals surface area contributed by atoms with Gasteiger partial charge in [0.25, 0.3) is 0 Å². The van der Waals surface area contributed by atoms with Crippen LogP contribution in [0.4, 0.5) is 0 Å². The number of thiophene rings is 1. The van der Waals surface area contributed by atoms with Gasteiger partial charge in [-0.05, 0) is 17.5 Å². The molecule has 4 heteroatoms. The van der Waals surface area contributed by atoms with Crippen molar-refractivity contribution < 1.29 is 5.11 Å². The molecule has 14 heavy (non-hydrogen) atoms. The number of aliphatic hydroxyl groups excluding tert-OH is 1. The van der Waals surface area contributed by atoms with Crippen LogP contribution in [0.15, 0.2) is 30.3 Å². The van der Waals surface area contributed by atoms with Crippen molar-refractivity contribution in [2.75, 3.05) is 6.61 Å². The molecule has 0 bridgehead atoms. The normalized spacial score (nSPS) is 12.4. The average molecular weight is 230 g/mol. The van der Waals surface area contributed by atoms with Gasteiger partial charge in [0.15, 0.2) is 0 Å². The highest BCUT2D eigenvalue weighted by Gasteiger charge is 2.07. The minimum absolute atomic E-state index is 0. The van der Waals surface area contributed by atoms with Gasteiger partial charge in [-0.3, -0.25) is 0 Å². The lowest BCUT2D eigenvalue weighted by molar-refractivity contribution is 0.269. The Kier molecular flexibility index (Phi) is 3.89. The SMILES string of the molecule is Cl.NC(CO)c1cc2ccccc2s1. The minimum Gasteiger partial charge on any atom is -0.394 e. The number of nitrogens with two attached hydrogens (primary N) is 1. The van der Waals surface area contributed by atoms with Crippen LogP contribution in [0.25, 0.3) is 10.1 Å². The smallest absolute Gasteiger partial charge is 0.0632 e. The molecule has 1 aromatic heterocycles. The number of fused-ring (bicyclic) bond motifs is 1. The Morgan fingerprint density at radius 2 is 2.07 bits per heavy atom. The summed E-state index contributed by atoms with van der Waals surface area (Å²) in [7, 11) is 0. The number of hydrogen-bond donors (Lipinski definition) is 2. The maximum Gasteiger partial charge on any atom is 0.0632 e. The lowest BCUT2D eigenvalue weighted by atomic mass is 10.2. The summed E-state index contributed by atoms with van der Waals surface area (Å²) in [5.74, 6) is 0. The van der Waals surface area contributed by atoms with Crippen molar-refractivity contribution in [3.63, 3.8) is 0 Å². The lowest BCUT2D eigenvalue weighted by Gasteiger charge is -2.02. The molecule has 2 nitrogen and oxygen atoms in total. The zero-order chi connectivity index (χ0) is 9.26. The fourth-order valence-corrected chi connectivity index (χ4v) is 2.33. The first kappa shape index (κ1) is 11.5. The summed E-state index contributed by atoms with van der Waals surface area (Å²) >= 11 is 1.64. The largest absolute Gasteiger partial charge is 0.394 e. The van der Waals surface area contributed by atoms with Crippen LogP contribution in [0.5, 0.6) is 0 Å². The molecule has 0 fully saturated rings. The van der Waals surface area contributed by atoms with E-state index in [1.807, 2.05) is 18.2 Å². The molecule has 0 saturated heterocycles. The minimum atomic E-state index is -0.239. The van der Waals surface area contributed by atoms with Crippen LogP contribution in [0, 0.1) is 0 Å². The predicted octanol–water partition coefficient (Wildman–Crippen LogP) is 2.32. The topological polar surface area (TPSA) is 46.2 Å². The van der Waals surface area contributed by atoms with Gasteiger partial charge in [0.05, 0.1) is 12.6 Å². The van der Waals surface area contributed by atoms with Crippen LogP contribution in [-0.4, -0.2) is 11.7 Å². The Balaban J connectivity index is 0.000000980. The van der Waals surface area contributed by atoms with Gasteiger partial charge in [0.2, 0.25) is 0 Å². The van der Waals surface area contributed by atoms with Crippen molar-refractivity contribution in [2.24, 2.45) is 5.73 Å². The molecular formula is C10H12ClNOS. The molecule has 3 N–H and O–H groups in total. The highest BCUT2D eigenvalue weighted by atomic mass is 35.5. The predicted molar refractivity (Wildman–Crippen MR) is 63.1 cm³/mol. The number of hydrogen-bond acceptors (Lipinski definition) is 3. The first-order chi connectivity index (χ1) is 6.31. The van der Waals surface area contributed by atoms with Gasteiger partial charge in [-0.25, -0.2) is 0 Å². The van der Waals surface area contributed by atoms with Crippen molar-refractivity contribution in [1.82, 2.24) is 0 Å². The summed E-state index contributed by atoms with van der Waals surface area (Å²) in [5, 5.41) is 10.1. The molecule has 0 amide bonds. The van der Waals surface area contributed by atoms with Gasteiger partial charge in [-0.1, -0.05) is 18.2 Å². The molecular weight excluding hydrogens is 218 g/mol. The van der Waals surface area contributed by atoms with Crippen LogP contribution >= 0.6 is 23.7 Å². The van der Waals surface area contributed by atoms with Gasteiger partial charge in [0, 0.05) is 9.58 Å². The molecule has 1 atom stereocenters. The zero-order valence-corrected chi connectivity index (χ0v) is 9.15. The molecule has 1 unspecified atom stereocenters. The Labute approximate surface area is 92.8 Å². The van der Waals surface area contributed by atoms with Gasteiger partial charge in [0.1, 0.15) is 0 Å². The van der Waals surface area contributed by atoms with E-state index in [0.717, 1.165) is 4.88 Å². The van der Waals surface area contributed by atoms with E-state index >= 15 is 0 Å². The van der Waals surface area contributed by atoms with Gasteiger partial charge in [-0.15, -0.1) is 23.7 Å². The Hall–Kier alpha value is -0.610. The third-order valence-corrected chi connectivity index (χ3v) is 3.25. The Morgan fingerprint density at radius 3 is 2.71 bits per heavy atom. The number of rotatable bonds is 2. The van der Waals surface area contributed by atoms with E-state index in [1.165, 1.54) is 10.1 Å². The van der Waals surface area contributed by atoms with E-state index in [2.05, 4.69) is 12.1 Å². The monoisotopic (exact) mass is 229 g/mol. The maximum absolute atomic E-state index is 8.90. The van der Waals surface area contributed by atoms with Crippen molar-refractivity contribution >= 4 is 33.8 Å². The van der Waals surface area contributed by atoms with E-state index < -0.39 is 0 Å². The van der Waals surface area contributed by atoms with Crippen molar-refractivity contribution in [1.29, 1.82) is 0 Å². The summed E-state index contributed by atoms with van der Waals surface area (Å²) in [6.45, 7) is 0.00677. The quantitative estimate of drug-likeness (QED) is 0.830. The van der Waals surface area contributed by atoms with E-state index in [0.29, 0.717) is 0 Å². The van der Waals surface area contributed by atoms with Crippen LogP contribution in [0.3, 0.4) is 0 Å². The Morgan fingerprint density at radius 1 is 1.36 bits per heavy atom. The summed E-state index contributed by atoms with van der Waals surface area (Å²) in [6.07, 6.45) is 0. The molecule has 0 aliphatic heterocycles. The van der Waals surface area contributed by atoms with Crippen molar-refractivity contribution in [3.8, 4) is 0 Å². The van der Waals surface area contributed by atoms with E-state index in [4.69, 9.17) is 10.8 Å². The maximum atomic E-state index is 8.90. The van der Waals surface area contributed by atoms with Gasteiger partial charge < -0.3 is 10.8 Å². The first-order valence-corrected chi connectivity index (χ1v) is 4.98. The molecule has 0 spiro atoms. The van der Waals surface area contributed by atoms with Gasteiger partial charge >= 0.3 is 0 Å². The second-order valence-corrected chi connectivity index (χ2v) is 4.09. The molecule has 0 aliphatic carbocycles. The highest BCUT2D eigenvalue weighted by Crippen LogP contribution is 2.28. The molecule has 76 valence electrons. The van der Waals surface area contributed by atoms with E-state index in [-0.39, 0.29) is 25.1 Å².